The Morgan fingerprint density at radius 3 is 2.12 bits per heavy atom. The molecular formula is C16H16F7N3O5S2. The van der Waals surface area contributed by atoms with Crippen molar-refractivity contribution < 1.29 is 48.9 Å². The minimum atomic E-state index is -6.61. The van der Waals surface area contributed by atoms with Crippen molar-refractivity contribution in [2.24, 2.45) is 0 Å². The van der Waals surface area contributed by atoms with Crippen LogP contribution in [-0.2, 0) is 14.6 Å². The van der Waals surface area contributed by atoms with Gasteiger partial charge in [-0.25, -0.2) is 8.42 Å². The van der Waals surface area contributed by atoms with Crippen LogP contribution in [0.5, 0.6) is 0 Å². The lowest BCUT2D eigenvalue weighted by atomic mass is 10.3. The highest BCUT2D eigenvalue weighted by atomic mass is 32.2. The zero-order valence-electron chi connectivity index (χ0n) is 16.6. The number of amides is 1. The Morgan fingerprint density at radius 1 is 1.09 bits per heavy atom. The number of carbonyl (C=O) groups is 1. The van der Waals surface area contributed by atoms with Gasteiger partial charge in [0, 0.05) is 37.1 Å². The first-order valence-electron chi connectivity index (χ1n) is 8.88. The molecule has 1 saturated heterocycles. The Bertz CT molecular complexity index is 1030. The Hall–Kier alpha value is -2.14. The van der Waals surface area contributed by atoms with Gasteiger partial charge >= 0.3 is 17.4 Å². The van der Waals surface area contributed by atoms with Gasteiger partial charge in [0.1, 0.15) is 10.6 Å². The molecule has 1 aliphatic rings. The van der Waals surface area contributed by atoms with Crippen LogP contribution in [0.2, 0.25) is 0 Å². The number of sulfone groups is 1. The SMILES string of the molecule is CN1CCN(C(=O)CS(=O)(=O)c2ccc(SC(F)(F)C(F)(F)C(F)(F)F)cc2[N+](=O)[O-])CC1. The number of likely N-dealkylation sites (N-methyl/N-ethyl adjacent to an activating group) is 1. The number of nitrogens with zero attached hydrogens (tertiary/aromatic N) is 3. The van der Waals surface area contributed by atoms with Crippen molar-refractivity contribution in [2.75, 3.05) is 39.0 Å². The molecule has 0 aromatic heterocycles. The van der Waals surface area contributed by atoms with E-state index in [0.717, 1.165) is 0 Å². The van der Waals surface area contributed by atoms with Crippen LogP contribution in [0.1, 0.15) is 0 Å². The number of piperazine rings is 1. The van der Waals surface area contributed by atoms with Gasteiger partial charge in [-0.1, -0.05) is 0 Å². The van der Waals surface area contributed by atoms with Crippen LogP contribution in [-0.4, -0.2) is 85.4 Å². The summed E-state index contributed by atoms with van der Waals surface area (Å²) in [6.07, 6.45) is -6.61. The Labute approximate surface area is 186 Å². The lowest BCUT2D eigenvalue weighted by Crippen LogP contribution is -2.49. The van der Waals surface area contributed by atoms with Crippen molar-refractivity contribution in [1.82, 2.24) is 9.80 Å². The van der Waals surface area contributed by atoms with E-state index in [1.807, 2.05) is 4.90 Å². The van der Waals surface area contributed by atoms with E-state index < -0.39 is 71.0 Å². The van der Waals surface area contributed by atoms with Gasteiger partial charge in [0.15, 0.2) is 9.84 Å². The number of benzene rings is 1. The molecule has 0 unspecified atom stereocenters. The Kier molecular flexibility index (Phi) is 7.60. The van der Waals surface area contributed by atoms with E-state index in [1.165, 1.54) is 4.90 Å². The fraction of sp³-hybridized carbons (Fsp3) is 0.562. The first kappa shape index (κ1) is 27.1. The number of nitro groups is 1. The number of nitro benzene ring substituents is 1. The summed E-state index contributed by atoms with van der Waals surface area (Å²) >= 11 is -1.31. The molecule has 1 aromatic rings. The third-order valence-corrected chi connectivity index (χ3v) is 7.24. The molecule has 17 heteroatoms. The first-order chi connectivity index (χ1) is 14.9. The molecule has 0 bridgehead atoms. The Morgan fingerprint density at radius 2 is 1.64 bits per heavy atom. The maximum Gasteiger partial charge on any atom is 0.460 e. The molecule has 0 N–H and O–H groups in total. The molecule has 1 aliphatic heterocycles. The van der Waals surface area contributed by atoms with Crippen molar-refractivity contribution in [2.45, 2.75) is 27.1 Å². The van der Waals surface area contributed by atoms with Crippen molar-refractivity contribution in [3.8, 4) is 0 Å². The fourth-order valence-electron chi connectivity index (χ4n) is 2.73. The normalized spacial score (nSPS) is 16.7. The number of hydrogen-bond donors (Lipinski definition) is 0. The summed E-state index contributed by atoms with van der Waals surface area (Å²) in [5, 5.41) is 5.53. The lowest BCUT2D eigenvalue weighted by Gasteiger charge is -2.32. The highest BCUT2D eigenvalue weighted by Gasteiger charge is 2.73. The van der Waals surface area contributed by atoms with E-state index in [2.05, 4.69) is 0 Å². The summed E-state index contributed by atoms with van der Waals surface area (Å²) in [5.74, 6) is -8.53. The van der Waals surface area contributed by atoms with Crippen molar-refractivity contribution in [3.63, 3.8) is 0 Å². The van der Waals surface area contributed by atoms with Gasteiger partial charge < -0.3 is 9.80 Å². The predicted molar refractivity (Wildman–Crippen MR) is 101 cm³/mol. The molecule has 1 fully saturated rings. The molecule has 0 spiro atoms. The number of thioether (sulfide) groups is 1. The lowest BCUT2D eigenvalue weighted by molar-refractivity contribution is -0.388. The molecular weight excluding hydrogens is 511 g/mol. The summed E-state index contributed by atoms with van der Waals surface area (Å²) in [6.45, 7) is 1.30. The van der Waals surface area contributed by atoms with Crippen LogP contribution < -0.4 is 0 Å². The average Bonchev–Trinajstić information content (AvgIpc) is 2.66. The van der Waals surface area contributed by atoms with Gasteiger partial charge in [0.05, 0.1) is 4.92 Å². The largest absolute Gasteiger partial charge is 0.460 e. The summed E-state index contributed by atoms with van der Waals surface area (Å²) in [6, 6.07) is 0.971. The van der Waals surface area contributed by atoms with Crippen molar-refractivity contribution in [1.29, 1.82) is 0 Å². The predicted octanol–water partition coefficient (Wildman–Crippen LogP) is 3.03. The molecule has 1 heterocycles. The van der Waals surface area contributed by atoms with E-state index in [9.17, 15) is 54.1 Å². The summed E-state index contributed by atoms with van der Waals surface area (Å²) in [4.78, 5) is 23.2. The highest BCUT2D eigenvalue weighted by molar-refractivity contribution is 8.00. The molecule has 0 aliphatic carbocycles. The summed E-state index contributed by atoms with van der Waals surface area (Å²) in [7, 11) is -2.91. The molecule has 2 rings (SSSR count). The number of carbonyl (C=O) groups excluding carboxylic acids is 1. The van der Waals surface area contributed by atoms with E-state index in [1.54, 1.807) is 7.05 Å². The minimum absolute atomic E-state index is 0.137. The summed E-state index contributed by atoms with van der Waals surface area (Å²) in [5.41, 5.74) is -1.35. The molecule has 0 atom stereocenters. The van der Waals surface area contributed by atoms with Gasteiger partial charge in [-0.3, -0.25) is 14.9 Å². The van der Waals surface area contributed by atoms with E-state index in [0.29, 0.717) is 25.2 Å². The number of alkyl halides is 7. The molecule has 8 nitrogen and oxygen atoms in total. The Balaban J connectivity index is 2.33. The smallest absolute Gasteiger partial charge is 0.339 e. The summed E-state index contributed by atoms with van der Waals surface area (Å²) < 4.78 is 115. The zero-order chi connectivity index (χ0) is 25.4. The van der Waals surface area contributed by atoms with Crippen LogP contribution in [0, 0.1) is 10.1 Å². The van der Waals surface area contributed by atoms with E-state index in [4.69, 9.17) is 0 Å². The fourth-order valence-corrected chi connectivity index (χ4v) is 4.97. The van der Waals surface area contributed by atoms with Crippen LogP contribution >= 0.6 is 11.8 Å². The quantitative estimate of drug-likeness (QED) is 0.233. The van der Waals surface area contributed by atoms with Gasteiger partial charge in [-0.2, -0.15) is 30.7 Å². The van der Waals surface area contributed by atoms with Gasteiger partial charge in [0.25, 0.3) is 5.69 Å². The molecule has 33 heavy (non-hydrogen) atoms. The van der Waals surface area contributed by atoms with E-state index in [-0.39, 0.29) is 19.2 Å². The minimum Gasteiger partial charge on any atom is -0.339 e. The topological polar surface area (TPSA) is 101 Å². The number of rotatable bonds is 7. The monoisotopic (exact) mass is 527 g/mol. The molecule has 0 radical (unpaired) electrons. The third kappa shape index (κ3) is 5.87. The van der Waals surface area contributed by atoms with Gasteiger partial charge in [-0.05, 0) is 30.9 Å². The maximum atomic E-state index is 13.6. The number of hydrogen-bond acceptors (Lipinski definition) is 7. The van der Waals surface area contributed by atoms with Crippen LogP contribution in [0.3, 0.4) is 0 Å². The van der Waals surface area contributed by atoms with Crippen LogP contribution in [0.25, 0.3) is 0 Å². The standard InChI is InChI=1S/C16H16F7N3O5S2/c1-24-4-6-25(7-5-24)13(27)9-33(30,31)12-3-2-10(8-11(12)26(28)29)32-16(22,23)14(17,18)15(19,20)21/h2-3,8H,4-7,9H2,1H3. The van der Waals surface area contributed by atoms with Crippen molar-refractivity contribution in [3.05, 3.63) is 28.3 Å². The number of halogens is 7. The first-order valence-corrected chi connectivity index (χ1v) is 11.3. The third-order valence-electron chi connectivity index (χ3n) is 4.60. The molecule has 0 saturated carbocycles. The second-order valence-corrected chi connectivity index (χ2v) is 10.2. The molecule has 1 aromatic carbocycles. The van der Waals surface area contributed by atoms with E-state index >= 15 is 0 Å². The zero-order valence-corrected chi connectivity index (χ0v) is 18.2. The molecule has 186 valence electrons. The van der Waals surface area contributed by atoms with Gasteiger partial charge in [0.2, 0.25) is 5.91 Å². The molecule has 1 amide bonds. The second kappa shape index (κ2) is 9.25. The van der Waals surface area contributed by atoms with Gasteiger partial charge in [-0.15, -0.1) is 0 Å². The van der Waals surface area contributed by atoms with Crippen LogP contribution in [0.4, 0.5) is 36.4 Å². The highest BCUT2D eigenvalue weighted by Crippen LogP contribution is 2.54. The second-order valence-electron chi connectivity index (χ2n) is 7.02. The van der Waals surface area contributed by atoms with Crippen molar-refractivity contribution >= 4 is 33.2 Å². The average molecular weight is 527 g/mol. The van der Waals surface area contributed by atoms with Crippen LogP contribution in [0.15, 0.2) is 28.0 Å². The maximum absolute atomic E-state index is 13.6.